The van der Waals surface area contributed by atoms with Crippen molar-refractivity contribution in [3.8, 4) is 0 Å². The molecule has 1 atom stereocenters. The van der Waals surface area contributed by atoms with Crippen LogP contribution in [-0.2, 0) is 11.3 Å². The molecule has 0 aliphatic carbocycles. The van der Waals surface area contributed by atoms with E-state index in [-0.39, 0.29) is 11.9 Å². The first-order valence-corrected chi connectivity index (χ1v) is 6.37. The molecule has 2 N–H and O–H groups in total. The van der Waals surface area contributed by atoms with E-state index in [1.165, 1.54) is 0 Å². The molecule has 17 heavy (non-hydrogen) atoms. The number of carbonyl (C=O) groups excluding carboxylic acids is 1. The van der Waals surface area contributed by atoms with E-state index in [1.807, 2.05) is 26.0 Å². The molecule has 1 amide bonds. The van der Waals surface area contributed by atoms with Gasteiger partial charge in [-0.05, 0) is 48.3 Å². The van der Waals surface area contributed by atoms with Crippen LogP contribution in [0.1, 0.15) is 26.3 Å². The molecule has 0 aliphatic rings. The summed E-state index contributed by atoms with van der Waals surface area (Å²) in [5, 5.41) is 0. The Kier molecular flexibility index (Phi) is 5.08. The quantitative estimate of drug-likeness (QED) is 0.864. The largest absolute Gasteiger partial charge is 0.335 e. The molecule has 1 rings (SSSR count). The molecule has 94 valence electrons. The summed E-state index contributed by atoms with van der Waals surface area (Å²) in [4.78, 5) is 17.8. The molecule has 0 saturated carbocycles. The van der Waals surface area contributed by atoms with Gasteiger partial charge in [-0.15, -0.1) is 0 Å². The molecule has 1 unspecified atom stereocenters. The fourth-order valence-electron chi connectivity index (χ4n) is 1.47. The lowest BCUT2D eigenvalue weighted by atomic mass is 10.2. The van der Waals surface area contributed by atoms with E-state index in [9.17, 15) is 4.79 Å². The number of pyridine rings is 1. The van der Waals surface area contributed by atoms with Crippen molar-refractivity contribution in [3.05, 3.63) is 28.5 Å². The first kappa shape index (κ1) is 14.1. The maximum absolute atomic E-state index is 11.9. The predicted molar refractivity (Wildman–Crippen MR) is 71.3 cm³/mol. The van der Waals surface area contributed by atoms with Crippen LogP contribution in [-0.4, -0.2) is 27.9 Å². The number of nitrogens with two attached hydrogens (primary N) is 1. The zero-order chi connectivity index (χ0) is 13.0. The Morgan fingerprint density at radius 3 is 2.53 bits per heavy atom. The number of halogens is 1. The van der Waals surface area contributed by atoms with Crippen molar-refractivity contribution in [2.24, 2.45) is 5.73 Å². The topological polar surface area (TPSA) is 59.2 Å². The second-order valence-electron chi connectivity index (χ2n) is 4.34. The fourth-order valence-corrected chi connectivity index (χ4v) is 1.71. The Balaban J connectivity index is 2.80. The molecule has 0 bridgehead atoms. The van der Waals surface area contributed by atoms with Gasteiger partial charge in [0.15, 0.2) is 0 Å². The molecule has 1 heterocycles. The highest BCUT2D eigenvalue weighted by Gasteiger charge is 2.20. The molecule has 0 fully saturated rings. The molecule has 1 aromatic rings. The zero-order valence-corrected chi connectivity index (χ0v) is 11.9. The second kappa shape index (κ2) is 6.12. The summed E-state index contributed by atoms with van der Waals surface area (Å²) in [6.45, 7) is 6.20. The third-order valence-corrected chi connectivity index (χ3v) is 2.91. The smallest absolute Gasteiger partial charge is 0.239 e. The van der Waals surface area contributed by atoms with E-state index in [1.54, 1.807) is 18.0 Å². The van der Waals surface area contributed by atoms with Gasteiger partial charge in [-0.25, -0.2) is 4.98 Å². The average Bonchev–Trinajstić information content (AvgIpc) is 2.26. The molecule has 0 aromatic carbocycles. The van der Waals surface area contributed by atoms with Gasteiger partial charge in [-0.2, -0.15) is 0 Å². The summed E-state index contributed by atoms with van der Waals surface area (Å²) in [6, 6.07) is 3.46. The van der Waals surface area contributed by atoms with Crippen molar-refractivity contribution < 1.29 is 4.79 Å². The maximum Gasteiger partial charge on any atom is 0.239 e. The van der Waals surface area contributed by atoms with Gasteiger partial charge in [0.1, 0.15) is 4.60 Å². The van der Waals surface area contributed by atoms with E-state index in [0.29, 0.717) is 6.54 Å². The van der Waals surface area contributed by atoms with Gasteiger partial charge in [0.2, 0.25) is 5.91 Å². The number of nitrogens with zero attached hydrogens (tertiary/aromatic N) is 2. The van der Waals surface area contributed by atoms with Crippen molar-refractivity contribution in [2.75, 3.05) is 0 Å². The first-order chi connectivity index (χ1) is 7.91. The van der Waals surface area contributed by atoms with Crippen LogP contribution in [0.15, 0.2) is 22.9 Å². The first-order valence-electron chi connectivity index (χ1n) is 5.58. The third kappa shape index (κ3) is 4.09. The summed E-state index contributed by atoms with van der Waals surface area (Å²) in [7, 11) is 0. The van der Waals surface area contributed by atoms with E-state index in [4.69, 9.17) is 5.73 Å². The van der Waals surface area contributed by atoms with Gasteiger partial charge in [-0.1, -0.05) is 6.07 Å². The van der Waals surface area contributed by atoms with Gasteiger partial charge < -0.3 is 10.6 Å². The number of hydrogen-bond donors (Lipinski definition) is 1. The van der Waals surface area contributed by atoms with Crippen molar-refractivity contribution in [2.45, 2.75) is 39.4 Å². The van der Waals surface area contributed by atoms with E-state index in [0.717, 1.165) is 10.2 Å². The summed E-state index contributed by atoms with van der Waals surface area (Å²) in [5.41, 5.74) is 6.63. The van der Waals surface area contributed by atoms with Crippen molar-refractivity contribution in [1.29, 1.82) is 0 Å². The molecule has 1 aromatic heterocycles. The number of amides is 1. The third-order valence-electron chi connectivity index (χ3n) is 2.44. The number of carbonyl (C=O) groups is 1. The highest BCUT2D eigenvalue weighted by atomic mass is 79.9. The SMILES string of the molecule is CC(N)C(=O)N(Cc1ccc(Br)nc1)C(C)C. The van der Waals surface area contributed by atoms with Crippen LogP contribution >= 0.6 is 15.9 Å². The van der Waals surface area contributed by atoms with Crippen LogP contribution in [0.4, 0.5) is 0 Å². The van der Waals surface area contributed by atoms with Crippen molar-refractivity contribution in [1.82, 2.24) is 9.88 Å². The van der Waals surface area contributed by atoms with Crippen molar-refractivity contribution >= 4 is 21.8 Å². The number of aromatic nitrogens is 1. The summed E-state index contributed by atoms with van der Waals surface area (Å²) in [5.74, 6) is -0.0390. The minimum Gasteiger partial charge on any atom is -0.335 e. The standard InChI is InChI=1S/C12H18BrN3O/c1-8(2)16(12(17)9(3)14)7-10-4-5-11(13)15-6-10/h4-6,8-9H,7,14H2,1-3H3. The molecule has 0 saturated heterocycles. The van der Waals surface area contributed by atoms with Gasteiger partial charge >= 0.3 is 0 Å². The highest BCUT2D eigenvalue weighted by Crippen LogP contribution is 2.11. The van der Waals surface area contributed by atoms with Gasteiger partial charge in [0, 0.05) is 18.8 Å². The summed E-state index contributed by atoms with van der Waals surface area (Å²) in [6.07, 6.45) is 1.76. The predicted octanol–water partition coefficient (Wildman–Crippen LogP) is 1.93. The Labute approximate surface area is 110 Å². The lowest BCUT2D eigenvalue weighted by molar-refractivity contribution is -0.134. The monoisotopic (exact) mass is 299 g/mol. The Bertz CT molecular complexity index is 376. The van der Waals surface area contributed by atoms with Crippen LogP contribution in [0, 0.1) is 0 Å². The molecular formula is C12H18BrN3O. The molecule has 4 nitrogen and oxygen atoms in total. The normalized spacial score (nSPS) is 12.6. The Morgan fingerprint density at radius 2 is 2.12 bits per heavy atom. The van der Waals surface area contributed by atoms with E-state index in [2.05, 4.69) is 20.9 Å². The van der Waals surface area contributed by atoms with Crippen LogP contribution < -0.4 is 5.73 Å². The summed E-state index contributed by atoms with van der Waals surface area (Å²) < 4.78 is 0.788. The summed E-state index contributed by atoms with van der Waals surface area (Å²) >= 11 is 3.28. The van der Waals surface area contributed by atoms with E-state index >= 15 is 0 Å². The minimum absolute atomic E-state index is 0.0390. The zero-order valence-electron chi connectivity index (χ0n) is 10.4. The highest BCUT2D eigenvalue weighted by molar-refractivity contribution is 9.10. The molecular weight excluding hydrogens is 282 g/mol. The molecule has 5 heteroatoms. The lowest BCUT2D eigenvalue weighted by Crippen LogP contribution is -2.45. The second-order valence-corrected chi connectivity index (χ2v) is 5.15. The van der Waals surface area contributed by atoms with Gasteiger partial charge in [0.05, 0.1) is 6.04 Å². The molecule has 0 aliphatic heterocycles. The van der Waals surface area contributed by atoms with Crippen LogP contribution in [0.2, 0.25) is 0 Å². The van der Waals surface area contributed by atoms with E-state index < -0.39 is 6.04 Å². The van der Waals surface area contributed by atoms with Crippen LogP contribution in [0.25, 0.3) is 0 Å². The Hall–Kier alpha value is -0.940. The van der Waals surface area contributed by atoms with Crippen LogP contribution in [0.5, 0.6) is 0 Å². The minimum atomic E-state index is -0.471. The maximum atomic E-state index is 11.9. The fraction of sp³-hybridized carbons (Fsp3) is 0.500. The number of rotatable bonds is 4. The van der Waals surface area contributed by atoms with Crippen molar-refractivity contribution in [3.63, 3.8) is 0 Å². The Morgan fingerprint density at radius 1 is 1.47 bits per heavy atom. The molecule has 0 radical (unpaired) electrons. The number of hydrogen-bond acceptors (Lipinski definition) is 3. The van der Waals surface area contributed by atoms with Gasteiger partial charge in [0.25, 0.3) is 0 Å². The van der Waals surface area contributed by atoms with Gasteiger partial charge in [-0.3, -0.25) is 4.79 Å². The van der Waals surface area contributed by atoms with Crippen LogP contribution in [0.3, 0.4) is 0 Å². The molecule has 0 spiro atoms. The lowest BCUT2D eigenvalue weighted by Gasteiger charge is -2.28. The average molecular weight is 300 g/mol.